The van der Waals surface area contributed by atoms with Crippen LogP contribution in [0.15, 0.2) is 29.7 Å². The van der Waals surface area contributed by atoms with E-state index in [9.17, 15) is 10.1 Å². The summed E-state index contributed by atoms with van der Waals surface area (Å²) in [6.45, 7) is 0.377. The maximum atomic E-state index is 15.2. The number of rotatable bonds is 10. The SMILES string of the molecule is Nc1nc2c(ncn2[C@@H]2OC(OPCC[C@H]3C[C@H](n4ccc5c(N)ncnc54)O[C@@H]3COP)[C@@H](F)[C@H]2OO)c(=O)[nH]1. The summed E-state index contributed by atoms with van der Waals surface area (Å²) in [6.07, 6.45) is 0.292. The first kappa shape index (κ1) is 28.2. The molecule has 2 fully saturated rings. The molecule has 0 amide bonds. The van der Waals surface area contributed by atoms with Gasteiger partial charge in [0, 0.05) is 24.5 Å². The maximum absolute atomic E-state index is 15.2. The Balaban J connectivity index is 1.08. The van der Waals surface area contributed by atoms with E-state index in [1.807, 2.05) is 16.8 Å². The highest BCUT2D eigenvalue weighted by molar-refractivity contribution is 7.32. The number of aromatic nitrogens is 7. The largest absolute Gasteiger partial charge is 0.383 e. The molecule has 4 aromatic rings. The fourth-order valence-electron chi connectivity index (χ4n) is 5.30. The van der Waals surface area contributed by atoms with Gasteiger partial charge in [-0.05, 0) is 31.0 Å². The molecule has 6 rings (SSSR count). The molecule has 0 radical (unpaired) electrons. The zero-order valence-corrected chi connectivity index (χ0v) is 23.5. The second kappa shape index (κ2) is 11.8. The van der Waals surface area contributed by atoms with Crippen LogP contribution in [0.1, 0.15) is 25.3 Å². The molecule has 41 heavy (non-hydrogen) atoms. The van der Waals surface area contributed by atoms with Gasteiger partial charge in [-0.2, -0.15) is 4.98 Å². The summed E-state index contributed by atoms with van der Waals surface area (Å²) in [4.78, 5) is 35.3. The molecule has 4 aromatic heterocycles. The summed E-state index contributed by atoms with van der Waals surface area (Å²) in [5.74, 6) is 0.381. The molecule has 2 aliphatic heterocycles. The average molecular weight is 611 g/mol. The zero-order valence-electron chi connectivity index (χ0n) is 21.4. The molecule has 19 heteroatoms. The number of nitrogens with zero attached hydrogens (tertiary/aromatic N) is 6. The smallest absolute Gasteiger partial charge is 0.280 e. The number of nitrogens with two attached hydrogens (primary N) is 2. The fraction of sp³-hybridized carbons (Fsp3) is 0.500. The summed E-state index contributed by atoms with van der Waals surface area (Å²) >= 11 is 0. The molecule has 6 heterocycles. The second-order valence-electron chi connectivity index (χ2n) is 9.66. The van der Waals surface area contributed by atoms with Crippen molar-refractivity contribution in [3.8, 4) is 0 Å². The molecule has 6 N–H and O–H groups in total. The van der Waals surface area contributed by atoms with E-state index >= 15 is 4.39 Å². The van der Waals surface area contributed by atoms with Crippen LogP contribution in [-0.4, -0.2) is 76.7 Å². The minimum absolute atomic E-state index is 0.0222. The van der Waals surface area contributed by atoms with Crippen LogP contribution < -0.4 is 17.0 Å². The Morgan fingerprint density at radius 2 is 2.10 bits per heavy atom. The van der Waals surface area contributed by atoms with Gasteiger partial charge in [0.25, 0.3) is 5.56 Å². The van der Waals surface area contributed by atoms with E-state index in [4.69, 9.17) is 30.0 Å². The van der Waals surface area contributed by atoms with Gasteiger partial charge in [-0.1, -0.05) is 0 Å². The minimum atomic E-state index is -1.83. The van der Waals surface area contributed by atoms with Crippen LogP contribution >= 0.6 is 18.3 Å². The third-order valence-electron chi connectivity index (χ3n) is 7.26. The van der Waals surface area contributed by atoms with Gasteiger partial charge in [0.1, 0.15) is 24.0 Å². The lowest BCUT2D eigenvalue weighted by atomic mass is 9.98. The Labute approximate surface area is 235 Å². The number of fused-ring (bicyclic) bond motifs is 2. The predicted octanol–water partition coefficient (Wildman–Crippen LogP) is 1.49. The highest BCUT2D eigenvalue weighted by Gasteiger charge is 2.49. The number of H-pyrrole nitrogens is 1. The Morgan fingerprint density at radius 3 is 2.90 bits per heavy atom. The van der Waals surface area contributed by atoms with Crippen molar-refractivity contribution >= 4 is 52.2 Å². The van der Waals surface area contributed by atoms with Gasteiger partial charge in [0.2, 0.25) is 5.95 Å². The topological polar surface area (TPSA) is 213 Å². The number of anilines is 2. The van der Waals surface area contributed by atoms with Gasteiger partial charge in [-0.25, -0.2) is 24.2 Å². The van der Waals surface area contributed by atoms with Crippen molar-refractivity contribution in [3.63, 3.8) is 0 Å². The molecular weight excluding hydrogens is 583 g/mol. The van der Waals surface area contributed by atoms with E-state index in [0.29, 0.717) is 30.7 Å². The van der Waals surface area contributed by atoms with Crippen LogP contribution in [0.25, 0.3) is 22.2 Å². The van der Waals surface area contributed by atoms with Gasteiger partial charge in [-0.15, -0.1) is 0 Å². The normalized spacial score (nSPS) is 28.6. The number of imidazole rings is 1. The van der Waals surface area contributed by atoms with Gasteiger partial charge < -0.3 is 34.6 Å². The molecule has 0 aliphatic carbocycles. The summed E-state index contributed by atoms with van der Waals surface area (Å²) in [5, 5.41) is 10.2. The van der Waals surface area contributed by atoms with Crippen molar-refractivity contribution in [1.82, 2.24) is 34.1 Å². The van der Waals surface area contributed by atoms with Gasteiger partial charge in [-0.3, -0.25) is 19.6 Å². The summed E-state index contributed by atoms with van der Waals surface area (Å²) in [5.41, 5.74) is 11.8. The number of hydrogen-bond acceptors (Lipinski definition) is 13. The van der Waals surface area contributed by atoms with Crippen LogP contribution in [0.3, 0.4) is 0 Å². The van der Waals surface area contributed by atoms with Gasteiger partial charge in [0.15, 0.2) is 36.0 Å². The van der Waals surface area contributed by atoms with Crippen LogP contribution in [0.2, 0.25) is 0 Å². The number of nitrogen functional groups attached to an aromatic ring is 2. The molecular formula is C22H28FN9O7P2. The highest BCUT2D eigenvalue weighted by Crippen LogP contribution is 2.41. The molecule has 2 saturated heterocycles. The monoisotopic (exact) mass is 611 g/mol. The van der Waals surface area contributed by atoms with E-state index in [-0.39, 0.29) is 44.2 Å². The molecule has 0 aromatic carbocycles. The van der Waals surface area contributed by atoms with Crippen molar-refractivity contribution in [2.45, 2.75) is 50.0 Å². The number of aromatic amines is 1. The minimum Gasteiger partial charge on any atom is -0.383 e. The maximum Gasteiger partial charge on any atom is 0.280 e. The van der Waals surface area contributed by atoms with E-state index < -0.39 is 30.4 Å². The number of nitrogens with one attached hydrogen (secondary N) is 1. The number of hydrogen-bond donors (Lipinski definition) is 4. The van der Waals surface area contributed by atoms with Crippen LogP contribution in [-0.2, 0) is 23.4 Å². The summed E-state index contributed by atoms with van der Waals surface area (Å²) < 4.78 is 41.5. The fourth-order valence-corrected chi connectivity index (χ4v) is 6.44. The molecule has 0 spiro atoms. The molecule has 16 nitrogen and oxygen atoms in total. The average Bonchev–Trinajstić information content (AvgIpc) is 3.72. The predicted molar refractivity (Wildman–Crippen MR) is 147 cm³/mol. The van der Waals surface area contributed by atoms with E-state index in [0.717, 1.165) is 11.8 Å². The van der Waals surface area contributed by atoms with Gasteiger partial charge in [0.05, 0.1) is 24.4 Å². The lowest BCUT2D eigenvalue weighted by Crippen LogP contribution is -2.30. The van der Waals surface area contributed by atoms with E-state index in [1.54, 1.807) is 0 Å². The molecule has 2 aliphatic rings. The van der Waals surface area contributed by atoms with Crippen molar-refractivity contribution in [1.29, 1.82) is 0 Å². The molecule has 9 atom stereocenters. The third kappa shape index (κ3) is 5.28. The first-order valence-electron chi connectivity index (χ1n) is 12.6. The lowest BCUT2D eigenvalue weighted by molar-refractivity contribution is -0.300. The van der Waals surface area contributed by atoms with Crippen LogP contribution in [0.5, 0.6) is 0 Å². The molecule has 220 valence electrons. The molecule has 0 saturated carbocycles. The summed E-state index contributed by atoms with van der Waals surface area (Å²) in [6, 6.07) is 1.86. The number of ether oxygens (including phenoxy) is 2. The van der Waals surface area contributed by atoms with E-state index in [1.165, 1.54) is 17.2 Å². The quantitative estimate of drug-likeness (QED) is 0.0867. The van der Waals surface area contributed by atoms with Crippen molar-refractivity contribution in [3.05, 3.63) is 35.3 Å². The van der Waals surface area contributed by atoms with Crippen molar-refractivity contribution < 1.29 is 33.1 Å². The first-order valence-corrected chi connectivity index (χ1v) is 14.2. The molecule has 3 unspecified atom stereocenters. The van der Waals surface area contributed by atoms with Gasteiger partial charge >= 0.3 is 0 Å². The highest BCUT2D eigenvalue weighted by atomic mass is 31.1. The number of halogens is 1. The van der Waals surface area contributed by atoms with Crippen molar-refractivity contribution in [2.75, 3.05) is 24.2 Å². The first-order chi connectivity index (χ1) is 19.9. The third-order valence-corrected chi connectivity index (χ3v) is 8.35. The number of alkyl halides is 1. The van der Waals surface area contributed by atoms with E-state index in [2.05, 4.69) is 39.3 Å². The lowest BCUT2D eigenvalue weighted by Gasteiger charge is -2.18. The second-order valence-corrected chi connectivity index (χ2v) is 11.0. The van der Waals surface area contributed by atoms with Crippen molar-refractivity contribution in [2.24, 2.45) is 5.92 Å². The standard InChI is InChI=1S/C22H28FN9O7P2/c23-13-15(38-34)20(32-8-28-14-18(32)29-22(25)30-19(14)33)37-21(13)39-41-4-2-9-5-12(36-11(9)6-35-40)31-3-1-10-16(24)26-7-27-17(10)31/h1,3,7-9,11-13,15,20-21,34,41H,2,4-6,40H2,(H2,24,26,27)(H3,25,29,30,33)/t9-,11+,12+,13-,15+,20+,21?/m0/s1. The Bertz CT molecular complexity index is 1590. The zero-order chi connectivity index (χ0) is 28.7. The summed E-state index contributed by atoms with van der Waals surface area (Å²) in [7, 11) is 2.12. The van der Waals surface area contributed by atoms with Crippen LogP contribution in [0, 0.1) is 5.92 Å². The Kier molecular flexibility index (Phi) is 8.12. The Hall–Kier alpha value is -2.88. The van der Waals surface area contributed by atoms with Crippen LogP contribution in [0.4, 0.5) is 16.2 Å². The Morgan fingerprint density at radius 1 is 1.24 bits per heavy atom. The molecule has 0 bridgehead atoms.